The van der Waals surface area contributed by atoms with Crippen molar-refractivity contribution in [2.45, 2.75) is 51.1 Å². The highest BCUT2D eigenvalue weighted by Gasteiger charge is 2.39. The molecule has 2 aromatic carbocycles. The molecule has 1 unspecified atom stereocenters. The highest BCUT2D eigenvalue weighted by Crippen LogP contribution is 2.42. The third-order valence-electron chi connectivity index (χ3n) is 7.55. The molecule has 10 heteroatoms. The second kappa shape index (κ2) is 11.6. The van der Waals surface area contributed by atoms with Crippen LogP contribution in [-0.4, -0.2) is 35.2 Å². The van der Waals surface area contributed by atoms with Crippen LogP contribution in [0.1, 0.15) is 64.1 Å². The van der Waals surface area contributed by atoms with Crippen LogP contribution >= 0.6 is 0 Å². The molecule has 0 bridgehead atoms. The molecule has 1 atom stereocenters. The van der Waals surface area contributed by atoms with Gasteiger partial charge in [0.25, 0.3) is 0 Å². The lowest BCUT2D eigenvalue weighted by atomic mass is 9.79. The van der Waals surface area contributed by atoms with Gasteiger partial charge in [0.15, 0.2) is 5.78 Å². The van der Waals surface area contributed by atoms with Gasteiger partial charge in [0.1, 0.15) is 11.5 Å². The van der Waals surface area contributed by atoms with Crippen molar-refractivity contribution < 1.29 is 17.6 Å². The maximum absolute atomic E-state index is 15.3. The number of aryl methyl sites for hydroxylation is 1. The van der Waals surface area contributed by atoms with Gasteiger partial charge in [0, 0.05) is 25.4 Å². The fourth-order valence-corrected chi connectivity index (χ4v) is 6.32. The van der Waals surface area contributed by atoms with Crippen LogP contribution in [0.4, 0.5) is 4.39 Å². The number of nitrogens with zero attached hydrogens (tertiary/aromatic N) is 3. The van der Waals surface area contributed by atoms with Gasteiger partial charge in [-0.1, -0.05) is 37.1 Å². The molecule has 0 saturated heterocycles. The van der Waals surface area contributed by atoms with E-state index in [0.29, 0.717) is 47.1 Å². The number of rotatable bonds is 12. The number of carbonyl (C=O) groups excluding carboxylic acids is 1. The zero-order valence-corrected chi connectivity index (χ0v) is 24.0. The number of hydrogen-bond acceptors (Lipinski definition) is 6. The monoisotopic (exact) mass is 575 g/mol. The minimum atomic E-state index is -3.69. The fraction of sp³-hybridized carbons (Fsp3) is 0.323. The first-order valence-electron chi connectivity index (χ1n) is 13.7. The Kier molecular flexibility index (Phi) is 8.17. The Morgan fingerprint density at radius 1 is 1.10 bits per heavy atom. The predicted octanol–water partition coefficient (Wildman–Crippen LogP) is 4.58. The van der Waals surface area contributed by atoms with Crippen molar-refractivity contribution >= 4 is 15.8 Å². The van der Waals surface area contributed by atoms with E-state index in [4.69, 9.17) is 5.73 Å². The largest absolute Gasteiger partial charge is 0.326 e. The maximum atomic E-state index is 15.3. The number of nitrogens with one attached hydrogen (secondary N) is 1. The minimum absolute atomic E-state index is 0.175. The van der Waals surface area contributed by atoms with E-state index in [1.54, 1.807) is 54.3 Å². The standard InChI is InChI=1S/C31H34FN5O3S/c1-21-16-29(37(35-21)27-5-3-4-23(17-27)20-33)30(38)19-24-18-26(8-9-28(24)32)31(36-41(2,39)40,13-10-22-6-7-22)25-11-14-34-15-12-25/h3-5,8-9,11-12,14-18,22,36H,6-7,10,13,19-20,33H2,1-2H3. The van der Waals surface area contributed by atoms with Crippen molar-refractivity contribution in [3.05, 3.63) is 113 Å². The maximum Gasteiger partial charge on any atom is 0.209 e. The molecule has 2 heterocycles. The number of nitrogens with two attached hydrogens (primary N) is 1. The van der Waals surface area contributed by atoms with E-state index in [0.717, 1.165) is 31.1 Å². The molecule has 1 fully saturated rings. The van der Waals surface area contributed by atoms with Gasteiger partial charge in [-0.15, -0.1) is 0 Å². The van der Waals surface area contributed by atoms with Gasteiger partial charge in [0.2, 0.25) is 10.0 Å². The van der Waals surface area contributed by atoms with Crippen LogP contribution in [0.5, 0.6) is 0 Å². The van der Waals surface area contributed by atoms with E-state index in [1.165, 1.54) is 6.07 Å². The van der Waals surface area contributed by atoms with Gasteiger partial charge in [-0.25, -0.2) is 22.2 Å². The highest BCUT2D eigenvalue weighted by molar-refractivity contribution is 7.88. The zero-order valence-electron chi connectivity index (χ0n) is 23.2. The molecule has 1 aliphatic carbocycles. The van der Waals surface area contributed by atoms with Crippen LogP contribution in [0.15, 0.2) is 73.1 Å². The first-order valence-corrected chi connectivity index (χ1v) is 15.5. The second-order valence-electron chi connectivity index (χ2n) is 10.9. The van der Waals surface area contributed by atoms with Gasteiger partial charge in [-0.2, -0.15) is 5.10 Å². The molecular formula is C31H34FN5O3S. The summed E-state index contributed by atoms with van der Waals surface area (Å²) in [6, 6.07) is 17.2. The molecule has 0 radical (unpaired) electrons. The molecule has 8 nitrogen and oxygen atoms in total. The summed E-state index contributed by atoms with van der Waals surface area (Å²) < 4.78 is 45.2. The molecule has 41 heavy (non-hydrogen) atoms. The lowest BCUT2D eigenvalue weighted by Crippen LogP contribution is -2.46. The van der Waals surface area contributed by atoms with Crippen LogP contribution in [-0.2, 0) is 28.5 Å². The average molecular weight is 576 g/mol. The zero-order chi connectivity index (χ0) is 29.2. The van der Waals surface area contributed by atoms with Crippen molar-refractivity contribution in [3.8, 4) is 5.69 Å². The fourth-order valence-electron chi connectivity index (χ4n) is 5.35. The first-order chi connectivity index (χ1) is 19.6. The number of hydrogen-bond donors (Lipinski definition) is 2. The van der Waals surface area contributed by atoms with E-state index < -0.39 is 21.4 Å². The number of benzene rings is 2. The number of ketones is 1. The number of pyridine rings is 1. The Morgan fingerprint density at radius 2 is 1.85 bits per heavy atom. The summed E-state index contributed by atoms with van der Waals surface area (Å²) in [5.74, 6) is -0.330. The van der Waals surface area contributed by atoms with Crippen molar-refractivity contribution in [1.29, 1.82) is 0 Å². The van der Waals surface area contributed by atoms with Crippen LogP contribution in [0.2, 0.25) is 0 Å². The Bertz CT molecular complexity index is 1670. The lowest BCUT2D eigenvalue weighted by molar-refractivity contribution is 0.0984. The van der Waals surface area contributed by atoms with Crippen LogP contribution in [0.25, 0.3) is 5.69 Å². The summed E-state index contributed by atoms with van der Waals surface area (Å²) in [6.07, 6.45) is 7.62. The quantitative estimate of drug-likeness (QED) is 0.239. The molecule has 5 rings (SSSR count). The summed E-state index contributed by atoms with van der Waals surface area (Å²) in [6.45, 7) is 2.14. The van der Waals surface area contributed by atoms with E-state index >= 15 is 4.39 Å². The normalized spacial score (nSPS) is 15.0. The van der Waals surface area contributed by atoms with E-state index in [9.17, 15) is 13.2 Å². The second-order valence-corrected chi connectivity index (χ2v) is 12.6. The Balaban J connectivity index is 1.55. The summed E-state index contributed by atoms with van der Waals surface area (Å²) >= 11 is 0. The summed E-state index contributed by atoms with van der Waals surface area (Å²) in [4.78, 5) is 17.7. The molecule has 3 N–H and O–H groups in total. The molecular weight excluding hydrogens is 541 g/mol. The van der Waals surface area contributed by atoms with Crippen LogP contribution < -0.4 is 10.5 Å². The third-order valence-corrected chi connectivity index (χ3v) is 8.27. The number of aromatic nitrogens is 3. The number of carbonyl (C=O) groups is 1. The van der Waals surface area contributed by atoms with Gasteiger partial charge in [-0.3, -0.25) is 9.78 Å². The SMILES string of the molecule is Cc1cc(C(=O)Cc2cc(C(CCC3CC3)(NS(C)(=O)=O)c3ccncc3)ccc2F)n(-c2cccc(CN)c2)n1. The Morgan fingerprint density at radius 3 is 2.54 bits per heavy atom. The third kappa shape index (κ3) is 6.61. The number of Topliss-reactive ketones (excluding diaryl/α,β-unsaturated/α-hetero) is 1. The van der Waals surface area contributed by atoms with Crippen molar-refractivity contribution in [2.24, 2.45) is 11.7 Å². The van der Waals surface area contributed by atoms with Crippen LogP contribution in [0, 0.1) is 18.7 Å². The molecule has 0 amide bonds. The van der Waals surface area contributed by atoms with Crippen molar-refractivity contribution in [2.75, 3.05) is 6.26 Å². The first kappa shape index (κ1) is 28.8. The summed E-state index contributed by atoms with van der Waals surface area (Å²) in [5, 5.41) is 4.50. The van der Waals surface area contributed by atoms with E-state index in [1.807, 2.05) is 24.3 Å². The predicted molar refractivity (Wildman–Crippen MR) is 156 cm³/mol. The lowest BCUT2D eigenvalue weighted by Gasteiger charge is -2.36. The molecule has 214 valence electrons. The highest BCUT2D eigenvalue weighted by atomic mass is 32.2. The van der Waals surface area contributed by atoms with Crippen molar-refractivity contribution in [3.63, 3.8) is 0 Å². The molecule has 0 spiro atoms. The summed E-state index contributed by atoms with van der Waals surface area (Å²) in [5.41, 5.74) is 8.66. The molecule has 2 aromatic heterocycles. The van der Waals surface area contributed by atoms with E-state index in [-0.39, 0.29) is 17.8 Å². The van der Waals surface area contributed by atoms with Gasteiger partial charge in [0.05, 0.1) is 23.2 Å². The van der Waals surface area contributed by atoms with Crippen molar-refractivity contribution in [1.82, 2.24) is 19.5 Å². The topological polar surface area (TPSA) is 120 Å². The average Bonchev–Trinajstić information content (AvgIpc) is 3.70. The van der Waals surface area contributed by atoms with E-state index in [2.05, 4.69) is 14.8 Å². The number of sulfonamides is 1. The Labute approximate surface area is 239 Å². The van der Waals surface area contributed by atoms with Gasteiger partial charge >= 0.3 is 0 Å². The molecule has 1 aliphatic rings. The van der Waals surface area contributed by atoms with Gasteiger partial charge < -0.3 is 5.73 Å². The van der Waals surface area contributed by atoms with Crippen LogP contribution in [0.3, 0.4) is 0 Å². The minimum Gasteiger partial charge on any atom is -0.326 e. The Hall–Kier alpha value is -3.73. The van der Waals surface area contributed by atoms with Gasteiger partial charge in [-0.05, 0) is 84.3 Å². The smallest absolute Gasteiger partial charge is 0.209 e. The summed E-state index contributed by atoms with van der Waals surface area (Å²) in [7, 11) is -3.69. The molecule has 0 aliphatic heterocycles. The number of halogens is 1. The molecule has 1 saturated carbocycles. The molecule has 4 aromatic rings.